The Kier molecular flexibility index (Phi) is 5.15. The van der Waals surface area contributed by atoms with Crippen molar-refractivity contribution in [3.63, 3.8) is 0 Å². The Morgan fingerprint density at radius 2 is 1.80 bits per heavy atom. The molecule has 10 heavy (non-hydrogen) atoms. The van der Waals surface area contributed by atoms with E-state index in [4.69, 9.17) is 11.6 Å². The summed E-state index contributed by atoms with van der Waals surface area (Å²) >= 11 is 5.66. The Labute approximate surface area is 70.0 Å². The van der Waals surface area contributed by atoms with Gasteiger partial charge in [-0.15, -0.1) is 11.6 Å². The molecule has 0 aliphatic heterocycles. The summed E-state index contributed by atoms with van der Waals surface area (Å²) in [5.41, 5.74) is 0.470. The van der Waals surface area contributed by atoms with Crippen LogP contribution >= 0.6 is 11.6 Å². The number of unbranched alkanes of at least 4 members (excludes halogenated alkanes) is 1. The zero-order valence-corrected chi connectivity index (χ0v) is 8.17. The molecule has 0 N–H and O–H groups in total. The third-order valence-corrected chi connectivity index (χ3v) is 2.17. The van der Waals surface area contributed by atoms with Gasteiger partial charge in [0.25, 0.3) is 0 Å². The summed E-state index contributed by atoms with van der Waals surface area (Å²) in [5.74, 6) is 0.802. The molecule has 0 radical (unpaired) electrons. The van der Waals surface area contributed by atoms with Gasteiger partial charge in [-0.25, -0.2) is 0 Å². The Morgan fingerprint density at radius 3 is 2.20 bits per heavy atom. The maximum atomic E-state index is 5.66. The van der Waals surface area contributed by atoms with E-state index in [9.17, 15) is 0 Å². The molecule has 0 amide bonds. The van der Waals surface area contributed by atoms with Crippen LogP contribution in [0, 0.1) is 5.41 Å². The lowest BCUT2D eigenvalue weighted by molar-refractivity contribution is 0.313. The van der Waals surface area contributed by atoms with Crippen LogP contribution in [0.3, 0.4) is 0 Å². The molecule has 0 saturated heterocycles. The molecule has 0 saturated carbocycles. The van der Waals surface area contributed by atoms with E-state index in [1.807, 2.05) is 0 Å². The third kappa shape index (κ3) is 5.10. The van der Waals surface area contributed by atoms with Crippen molar-refractivity contribution in [1.82, 2.24) is 0 Å². The predicted octanol–water partition coefficient (Wildman–Crippen LogP) is 3.83. The molecule has 0 bridgehead atoms. The normalized spacial score (nSPS) is 12.0. The smallest absolute Gasteiger partial charge is 0.0228 e. The summed E-state index contributed by atoms with van der Waals surface area (Å²) in [6, 6.07) is 0. The Balaban J connectivity index is 3.42. The molecule has 0 nitrogen and oxygen atoms in total. The molecule has 0 unspecified atom stereocenters. The summed E-state index contributed by atoms with van der Waals surface area (Å²) in [6.07, 6.45) is 5.10. The van der Waals surface area contributed by atoms with Gasteiger partial charge in [0.05, 0.1) is 0 Å². The number of hydrogen-bond donors (Lipinski definition) is 0. The van der Waals surface area contributed by atoms with E-state index < -0.39 is 0 Å². The van der Waals surface area contributed by atoms with Crippen LogP contribution in [-0.4, -0.2) is 5.88 Å². The van der Waals surface area contributed by atoms with E-state index in [1.54, 1.807) is 0 Å². The largest absolute Gasteiger partial charge is 0.127 e. The van der Waals surface area contributed by atoms with Crippen LogP contribution in [0.25, 0.3) is 0 Å². The highest BCUT2D eigenvalue weighted by molar-refractivity contribution is 6.17. The first-order chi connectivity index (χ1) is 4.62. The van der Waals surface area contributed by atoms with E-state index >= 15 is 0 Å². The number of hydrogen-bond acceptors (Lipinski definition) is 0. The van der Waals surface area contributed by atoms with Gasteiger partial charge >= 0.3 is 0 Å². The molecule has 0 aromatic heterocycles. The first-order valence-corrected chi connectivity index (χ1v) is 4.72. The van der Waals surface area contributed by atoms with Crippen LogP contribution in [0.4, 0.5) is 0 Å². The van der Waals surface area contributed by atoms with E-state index in [2.05, 4.69) is 20.8 Å². The first kappa shape index (κ1) is 10.3. The fraction of sp³-hybridized carbons (Fsp3) is 1.00. The van der Waals surface area contributed by atoms with Crippen molar-refractivity contribution in [2.75, 3.05) is 5.88 Å². The first-order valence-electron chi connectivity index (χ1n) is 4.18. The summed E-state index contributed by atoms with van der Waals surface area (Å²) in [5, 5.41) is 0. The van der Waals surface area contributed by atoms with Gasteiger partial charge in [0.1, 0.15) is 0 Å². The van der Waals surface area contributed by atoms with E-state index in [1.165, 1.54) is 19.3 Å². The summed E-state index contributed by atoms with van der Waals surface area (Å²) in [7, 11) is 0. The highest BCUT2D eigenvalue weighted by atomic mass is 35.5. The fourth-order valence-corrected chi connectivity index (χ4v) is 1.55. The van der Waals surface area contributed by atoms with Crippen LogP contribution in [0.15, 0.2) is 0 Å². The molecule has 0 rings (SSSR count). The molecule has 0 heterocycles. The van der Waals surface area contributed by atoms with Gasteiger partial charge in [0, 0.05) is 5.88 Å². The molecular formula is C9H19Cl. The van der Waals surface area contributed by atoms with Gasteiger partial charge in [0.15, 0.2) is 0 Å². The summed E-state index contributed by atoms with van der Waals surface area (Å²) < 4.78 is 0. The highest BCUT2D eigenvalue weighted by Crippen LogP contribution is 2.27. The van der Waals surface area contributed by atoms with Gasteiger partial charge in [-0.3, -0.25) is 0 Å². The lowest BCUT2D eigenvalue weighted by atomic mass is 9.85. The molecule has 0 spiro atoms. The molecule has 62 valence electrons. The van der Waals surface area contributed by atoms with Crippen molar-refractivity contribution in [3.05, 3.63) is 0 Å². The quantitative estimate of drug-likeness (QED) is 0.539. The topological polar surface area (TPSA) is 0 Å². The highest BCUT2D eigenvalue weighted by Gasteiger charge is 2.15. The molecule has 0 fully saturated rings. The second-order valence-electron chi connectivity index (χ2n) is 3.71. The second kappa shape index (κ2) is 5.01. The Morgan fingerprint density at radius 1 is 1.20 bits per heavy atom. The van der Waals surface area contributed by atoms with Crippen molar-refractivity contribution < 1.29 is 0 Å². The molecule has 1 heteroatoms. The number of alkyl halides is 1. The summed E-state index contributed by atoms with van der Waals surface area (Å²) in [4.78, 5) is 0. The van der Waals surface area contributed by atoms with Gasteiger partial charge in [-0.1, -0.05) is 33.6 Å². The molecule has 0 atom stereocenters. The lowest BCUT2D eigenvalue weighted by Gasteiger charge is -2.22. The van der Waals surface area contributed by atoms with Gasteiger partial charge in [0.2, 0.25) is 0 Å². The number of rotatable bonds is 5. The van der Waals surface area contributed by atoms with Gasteiger partial charge in [-0.05, 0) is 18.3 Å². The molecule has 0 aromatic rings. The van der Waals surface area contributed by atoms with Crippen LogP contribution in [-0.2, 0) is 0 Å². The van der Waals surface area contributed by atoms with Crippen molar-refractivity contribution >= 4 is 11.6 Å². The Bertz CT molecular complexity index is 76.8. The maximum Gasteiger partial charge on any atom is 0.0228 e. The zero-order chi connectivity index (χ0) is 8.04. The average Bonchev–Trinajstić information content (AvgIpc) is 1.84. The second-order valence-corrected chi connectivity index (χ2v) is 4.08. The van der Waals surface area contributed by atoms with Gasteiger partial charge in [-0.2, -0.15) is 0 Å². The number of halogens is 1. The monoisotopic (exact) mass is 162 g/mol. The van der Waals surface area contributed by atoms with E-state index in [-0.39, 0.29) is 0 Å². The standard InChI is InChI=1S/C9H19Cl/c1-4-5-6-9(2,3)7-8-10/h4-8H2,1-3H3. The van der Waals surface area contributed by atoms with Crippen molar-refractivity contribution in [2.45, 2.75) is 46.5 Å². The summed E-state index contributed by atoms with van der Waals surface area (Å²) in [6.45, 7) is 6.83. The van der Waals surface area contributed by atoms with Crippen molar-refractivity contribution in [3.8, 4) is 0 Å². The van der Waals surface area contributed by atoms with E-state index in [0.29, 0.717) is 5.41 Å². The van der Waals surface area contributed by atoms with Crippen LogP contribution < -0.4 is 0 Å². The van der Waals surface area contributed by atoms with Crippen LogP contribution in [0.2, 0.25) is 0 Å². The van der Waals surface area contributed by atoms with E-state index in [0.717, 1.165) is 12.3 Å². The van der Waals surface area contributed by atoms with Crippen LogP contribution in [0.1, 0.15) is 46.5 Å². The van der Waals surface area contributed by atoms with Crippen molar-refractivity contribution in [1.29, 1.82) is 0 Å². The Hall–Kier alpha value is 0.290. The minimum absolute atomic E-state index is 0.470. The minimum atomic E-state index is 0.470. The molecule has 0 aliphatic rings. The van der Waals surface area contributed by atoms with Gasteiger partial charge < -0.3 is 0 Å². The predicted molar refractivity (Wildman–Crippen MR) is 48.6 cm³/mol. The van der Waals surface area contributed by atoms with Crippen LogP contribution in [0.5, 0.6) is 0 Å². The zero-order valence-electron chi connectivity index (χ0n) is 7.41. The lowest BCUT2D eigenvalue weighted by Crippen LogP contribution is -2.11. The maximum absolute atomic E-state index is 5.66. The van der Waals surface area contributed by atoms with Crippen molar-refractivity contribution in [2.24, 2.45) is 5.41 Å². The third-order valence-electron chi connectivity index (χ3n) is 1.98. The molecule has 0 aromatic carbocycles. The SMILES string of the molecule is CCCCC(C)(C)CCCl. The molecular weight excluding hydrogens is 144 g/mol. The molecule has 0 aliphatic carbocycles. The minimum Gasteiger partial charge on any atom is -0.127 e. The fourth-order valence-electron chi connectivity index (χ4n) is 1.04. The average molecular weight is 163 g/mol.